The second-order valence-corrected chi connectivity index (χ2v) is 3.64. The Kier molecular flexibility index (Phi) is 4.66. The minimum Gasteiger partial charge on any atom is -0.334 e. The van der Waals surface area contributed by atoms with Gasteiger partial charge < -0.3 is 9.88 Å². The fraction of sp³-hybridized carbons (Fsp3) is 0.727. The van der Waals surface area contributed by atoms with Gasteiger partial charge in [-0.1, -0.05) is 13.8 Å². The number of nitrogens with one attached hydrogen (secondary N) is 1. The average Bonchev–Trinajstić information content (AvgIpc) is 2.59. The van der Waals surface area contributed by atoms with Gasteiger partial charge in [0.1, 0.15) is 5.82 Å². The first-order chi connectivity index (χ1) is 6.77. The van der Waals surface area contributed by atoms with Gasteiger partial charge in [-0.2, -0.15) is 0 Å². The summed E-state index contributed by atoms with van der Waals surface area (Å²) in [4.78, 5) is 4.19. The summed E-state index contributed by atoms with van der Waals surface area (Å²) in [6, 6.07) is 0.666. The Morgan fingerprint density at radius 3 is 2.64 bits per heavy atom. The van der Waals surface area contributed by atoms with E-state index in [9.17, 15) is 0 Å². The summed E-state index contributed by atoms with van der Waals surface area (Å²) < 4.78 is 2.18. The van der Waals surface area contributed by atoms with Gasteiger partial charge in [-0.25, -0.2) is 4.98 Å². The van der Waals surface area contributed by atoms with Crippen LogP contribution in [0.3, 0.4) is 0 Å². The molecule has 0 radical (unpaired) electrons. The van der Waals surface area contributed by atoms with Crippen molar-refractivity contribution in [1.29, 1.82) is 0 Å². The van der Waals surface area contributed by atoms with E-state index < -0.39 is 0 Å². The number of imidazole rings is 1. The molecule has 0 bridgehead atoms. The van der Waals surface area contributed by atoms with Crippen molar-refractivity contribution in [3.8, 4) is 0 Å². The zero-order chi connectivity index (χ0) is 10.4. The van der Waals surface area contributed by atoms with Crippen LogP contribution >= 0.6 is 0 Å². The molecule has 0 unspecified atom stereocenters. The van der Waals surface area contributed by atoms with Crippen LogP contribution in [0.25, 0.3) is 0 Å². The molecule has 0 saturated heterocycles. The van der Waals surface area contributed by atoms with Gasteiger partial charge in [0, 0.05) is 31.5 Å². The first kappa shape index (κ1) is 11.2. The molecule has 1 N–H and O–H groups in total. The molecule has 80 valence electrons. The Hall–Kier alpha value is -0.830. The molecule has 0 amide bonds. The number of nitrogens with zero attached hydrogens (tertiary/aromatic N) is 2. The highest BCUT2D eigenvalue weighted by atomic mass is 15.1. The fourth-order valence-electron chi connectivity index (χ4n) is 1.61. The predicted octanol–water partition coefficient (Wildman–Crippen LogP) is 1.97. The van der Waals surface area contributed by atoms with Crippen molar-refractivity contribution in [2.75, 3.05) is 6.54 Å². The SMILES string of the molecule is CCC(CC)NCCn1ccnc1C. The van der Waals surface area contributed by atoms with E-state index in [2.05, 4.69) is 28.7 Å². The number of hydrogen-bond acceptors (Lipinski definition) is 2. The summed E-state index contributed by atoms with van der Waals surface area (Å²) in [6.07, 6.45) is 6.30. The third-order valence-electron chi connectivity index (χ3n) is 2.69. The summed E-state index contributed by atoms with van der Waals surface area (Å²) in [5.41, 5.74) is 0. The molecular weight excluding hydrogens is 174 g/mol. The maximum atomic E-state index is 4.19. The van der Waals surface area contributed by atoms with E-state index in [1.165, 1.54) is 12.8 Å². The van der Waals surface area contributed by atoms with E-state index in [4.69, 9.17) is 0 Å². The summed E-state index contributed by atoms with van der Waals surface area (Å²) in [5, 5.41) is 3.54. The molecule has 0 fully saturated rings. The molecule has 3 nitrogen and oxygen atoms in total. The highest BCUT2D eigenvalue weighted by Crippen LogP contribution is 1.97. The van der Waals surface area contributed by atoms with Crippen LogP contribution in [-0.4, -0.2) is 22.1 Å². The molecule has 0 aromatic carbocycles. The number of rotatable bonds is 6. The molecule has 1 heterocycles. The van der Waals surface area contributed by atoms with Crippen molar-refractivity contribution < 1.29 is 0 Å². The maximum absolute atomic E-state index is 4.19. The highest BCUT2D eigenvalue weighted by Gasteiger charge is 2.01. The van der Waals surface area contributed by atoms with Crippen molar-refractivity contribution in [1.82, 2.24) is 14.9 Å². The Balaban J connectivity index is 2.24. The van der Waals surface area contributed by atoms with Crippen LogP contribution in [0.5, 0.6) is 0 Å². The van der Waals surface area contributed by atoms with Crippen molar-refractivity contribution in [2.45, 2.75) is 46.2 Å². The zero-order valence-electron chi connectivity index (χ0n) is 9.45. The van der Waals surface area contributed by atoms with Gasteiger partial charge in [0.05, 0.1) is 0 Å². The summed E-state index contributed by atoms with van der Waals surface area (Å²) >= 11 is 0. The van der Waals surface area contributed by atoms with E-state index in [1.54, 1.807) is 0 Å². The Morgan fingerprint density at radius 2 is 2.14 bits per heavy atom. The van der Waals surface area contributed by atoms with Gasteiger partial charge >= 0.3 is 0 Å². The van der Waals surface area contributed by atoms with Crippen LogP contribution < -0.4 is 5.32 Å². The van der Waals surface area contributed by atoms with Crippen LogP contribution in [0.2, 0.25) is 0 Å². The summed E-state index contributed by atoms with van der Waals surface area (Å²) in [5.74, 6) is 1.09. The largest absolute Gasteiger partial charge is 0.334 e. The van der Waals surface area contributed by atoms with E-state index in [1.807, 2.05) is 19.3 Å². The average molecular weight is 195 g/mol. The van der Waals surface area contributed by atoms with E-state index in [0.717, 1.165) is 18.9 Å². The van der Waals surface area contributed by atoms with Crippen molar-refractivity contribution >= 4 is 0 Å². The van der Waals surface area contributed by atoms with Crippen LogP contribution in [0.4, 0.5) is 0 Å². The number of hydrogen-bond donors (Lipinski definition) is 1. The van der Waals surface area contributed by atoms with Gasteiger partial charge in [0.25, 0.3) is 0 Å². The minimum absolute atomic E-state index is 0.666. The van der Waals surface area contributed by atoms with Gasteiger partial charge in [-0.3, -0.25) is 0 Å². The molecule has 0 aliphatic carbocycles. The minimum atomic E-state index is 0.666. The van der Waals surface area contributed by atoms with Crippen molar-refractivity contribution in [2.24, 2.45) is 0 Å². The molecule has 1 rings (SSSR count). The van der Waals surface area contributed by atoms with E-state index >= 15 is 0 Å². The predicted molar refractivity (Wildman–Crippen MR) is 59.3 cm³/mol. The Bertz CT molecular complexity index is 251. The molecule has 14 heavy (non-hydrogen) atoms. The molecule has 0 atom stereocenters. The third-order valence-corrected chi connectivity index (χ3v) is 2.69. The molecule has 1 aromatic rings. The third kappa shape index (κ3) is 3.14. The first-order valence-electron chi connectivity index (χ1n) is 5.49. The van der Waals surface area contributed by atoms with Gasteiger partial charge in [-0.05, 0) is 19.8 Å². The lowest BCUT2D eigenvalue weighted by Crippen LogP contribution is -2.30. The number of aryl methyl sites for hydroxylation is 1. The van der Waals surface area contributed by atoms with E-state index in [-0.39, 0.29) is 0 Å². The second kappa shape index (κ2) is 5.81. The maximum Gasteiger partial charge on any atom is 0.105 e. The molecule has 0 saturated carbocycles. The summed E-state index contributed by atoms with van der Waals surface area (Å²) in [6.45, 7) is 8.54. The lowest BCUT2D eigenvalue weighted by atomic mass is 10.2. The van der Waals surface area contributed by atoms with E-state index in [0.29, 0.717) is 6.04 Å². The Morgan fingerprint density at radius 1 is 1.43 bits per heavy atom. The van der Waals surface area contributed by atoms with Gasteiger partial charge in [0.15, 0.2) is 0 Å². The lowest BCUT2D eigenvalue weighted by molar-refractivity contribution is 0.463. The molecule has 3 heteroatoms. The molecule has 1 aromatic heterocycles. The molecule has 0 aliphatic heterocycles. The fourth-order valence-corrected chi connectivity index (χ4v) is 1.61. The smallest absolute Gasteiger partial charge is 0.105 e. The molecule has 0 aliphatic rings. The van der Waals surface area contributed by atoms with Crippen molar-refractivity contribution in [3.63, 3.8) is 0 Å². The van der Waals surface area contributed by atoms with Crippen LogP contribution in [0.1, 0.15) is 32.5 Å². The number of aromatic nitrogens is 2. The van der Waals surface area contributed by atoms with Gasteiger partial charge in [-0.15, -0.1) is 0 Å². The van der Waals surface area contributed by atoms with Crippen molar-refractivity contribution in [3.05, 3.63) is 18.2 Å². The normalized spacial score (nSPS) is 11.1. The molecule has 0 spiro atoms. The second-order valence-electron chi connectivity index (χ2n) is 3.64. The summed E-state index contributed by atoms with van der Waals surface area (Å²) in [7, 11) is 0. The zero-order valence-corrected chi connectivity index (χ0v) is 9.45. The topological polar surface area (TPSA) is 29.9 Å². The van der Waals surface area contributed by atoms with Gasteiger partial charge in [0.2, 0.25) is 0 Å². The first-order valence-corrected chi connectivity index (χ1v) is 5.49. The highest BCUT2D eigenvalue weighted by molar-refractivity contribution is 4.88. The quantitative estimate of drug-likeness (QED) is 0.752. The monoisotopic (exact) mass is 195 g/mol. The standard InChI is InChI=1S/C11H21N3/c1-4-11(5-2)13-7-9-14-8-6-12-10(14)3/h6,8,11,13H,4-5,7,9H2,1-3H3. The lowest BCUT2D eigenvalue weighted by Gasteiger charge is -2.14. The molecular formula is C11H21N3. The van der Waals surface area contributed by atoms with Crippen LogP contribution in [0, 0.1) is 6.92 Å². The Labute approximate surface area is 86.5 Å². The van der Waals surface area contributed by atoms with Crippen LogP contribution in [-0.2, 0) is 6.54 Å². The van der Waals surface area contributed by atoms with Crippen LogP contribution in [0.15, 0.2) is 12.4 Å².